The summed E-state index contributed by atoms with van der Waals surface area (Å²) in [6.45, 7) is 0.359. The lowest BCUT2D eigenvalue weighted by molar-refractivity contribution is -0.127. The molecule has 92 valence electrons. The van der Waals surface area contributed by atoms with Gasteiger partial charge in [-0.1, -0.05) is 19.3 Å². The van der Waals surface area contributed by atoms with Crippen LogP contribution >= 0.6 is 0 Å². The first-order chi connectivity index (χ1) is 7.58. The zero-order chi connectivity index (χ0) is 12.0. The summed E-state index contributed by atoms with van der Waals surface area (Å²) < 4.78 is 0. The van der Waals surface area contributed by atoms with Gasteiger partial charge in [-0.05, 0) is 12.8 Å². The van der Waals surface area contributed by atoms with Crippen molar-refractivity contribution >= 4 is 11.8 Å². The van der Waals surface area contributed by atoms with Gasteiger partial charge in [-0.2, -0.15) is 0 Å². The fraction of sp³-hybridized carbons (Fsp3) is 0.818. The van der Waals surface area contributed by atoms with E-state index in [4.69, 9.17) is 5.73 Å². The molecule has 2 amide bonds. The lowest BCUT2D eigenvalue weighted by Gasteiger charge is -2.31. The summed E-state index contributed by atoms with van der Waals surface area (Å²) in [5, 5.41) is 5.24. The monoisotopic (exact) mass is 227 g/mol. The lowest BCUT2D eigenvalue weighted by Crippen LogP contribution is -2.55. The van der Waals surface area contributed by atoms with E-state index in [1.807, 2.05) is 0 Å². The van der Waals surface area contributed by atoms with Crippen molar-refractivity contribution < 1.29 is 9.59 Å². The summed E-state index contributed by atoms with van der Waals surface area (Å²) in [6.07, 6.45) is 4.99. The van der Waals surface area contributed by atoms with Crippen molar-refractivity contribution in [1.82, 2.24) is 10.6 Å². The Bertz CT molecular complexity index is 260. The van der Waals surface area contributed by atoms with E-state index in [1.54, 1.807) is 7.05 Å². The van der Waals surface area contributed by atoms with Crippen molar-refractivity contribution in [3.05, 3.63) is 0 Å². The summed E-state index contributed by atoms with van der Waals surface area (Å²) >= 11 is 0. The minimum atomic E-state index is -0.707. The maximum absolute atomic E-state index is 11.8. The van der Waals surface area contributed by atoms with E-state index in [9.17, 15) is 9.59 Å². The molecule has 1 aliphatic carbocycles. The molecule has 16 heavy (non-hydrogen) atoms. The Morgan fingerprint density at radius 1 is 1.25 bits per heavy atom. The highest BCUT2D eigenvalue weighted by molar-refractivity contribution is 5.86. The average molecular weight is 227 g/mol. The Balaban J connectivity index is 2.31. The minimum Gasteiger partial charge on any atom is -0.359 e. The SMILES string of the molecule is CNC(=O)CCNC(=O)C1(N)CCCCC1. The fourth-order valence-electron chi connectivity index (χ4n) is 2.00. The van der Waals surface area contributed by atoms with Gasteiger partial charge in [0.05, 0.1) is 5.54 Å². The fourth-order valence-corrected chi connectivity index (χ4v) is 2.00. The van der Waals surface area contributed by atoms with Crippen molar-refractivity contribution in [2.45, 2.75) is 44.1 Å². The van der Waals surface area contributed by atoms with Crippen molar-refractivity contribution in [3.8, 4) is 0 Å². The van der Waals surface area contributed by atoms with Crippen LogP contribution in [0.3, 0.4) is 0 Å². The highest BCUT2D eigenvalue weighted by atomic mass is 16.2. The van der Waals surface area contributed by atoms with E-state index < -0.39 is 5.54 Å². The second-order valence-corrected chi connectivity index (χ2v) is 4.40. The molecule has 0 aromatic heterocycles. The molecule has 1 aliphatic rings. The summed E-state index contributed by atoms with van der Waals surface area (Å²) in [7, 11) is 1.58. The van der Waals surface area contributed by atoms with Gasteiger partial charge in [0.1, 0.15) is 0 Å². The average Bonchev–Trinajstić information content (AvgIpc) is 2.29. The van der Waals surface area contributed by atoms with Crippen molar-refractivity contribution in [2.75, 3.05) is 13.6 Å². The molecule has 0 aromatic carbocycles. The Labute approximate surface area is 96.1 Å². The van der Waals surface area contributed by atoms with Gasteiger partial charge in [-0.3, -0.25) is 9.59 Å². The van der Waals surface area contributed by atoms with E-state index in [0.717, 1.165) is 32.1 Å². The van der Waals surface area contributed by atoms with Gasteiger partial charge >= 0.3 is 0 Å². The molecule has 0 heterocycles. The Hall–Kier alpha value is -1.10. The third-order valence-corrected chi connectivity index (χ3v) is 3.11. The molecule has 0 radical (unpaired) electrons. The molecule has 0 bridgehead atoms. The smallest absolute Gasteiger partial charge is 0.240 e. The van der Waals surface area contributed by atoms with E-state index in [-0.39, 0.29) is 11.8 Å². The van der Waals surface area contributed by atoms with E-state index in [2.05, 4.69) is 10.6 Å². The highest BCUT2D eigenvalue weighted by Crippen LogP contribution is 2.25. The lowest BCUT2D eigenvalue weighted by atomic mass is 9.82. The quantitative estimate of drug-likeness (QED) is 0.627. The molecule has 0 saturated heterocycles. The predicted molar refractivity (Wildman–Crippen MR) is 61.7 cm³/mol. The van der Waals surface area contributed by atoms with Gasteiger partial charge in [0.2, 0.25) is 11.8 Å². The molecule has 5 nitrogen and oxygen atoms in total. The molecule has 0 unspecified atom stereocenters. The van der Waals surface area contributed by atoms with Gasteiger partial charge in [-0.25, -0.2) is 0 Å². The number of hydrogen-bond acceptors (Lipinski definition) is 3. The zero-order valence-electron chi connectivity index (χ0n) is 9.84. The molecule has 0 atom stereocenters. The van der Waals surface area contributed by atoms with Crippen molar-refractivity contribution in [3.63, 3.8) is 0 Å². The topological polar surface area (TPSA) is 84.2 Å². The first-order valence-electron chi connectivity index (χ1n) is 5.86. The number of nitrogens with two attached hydrogens (primary N) is 1. The van der Waals surface area contributed by atoms with Crippen LogP contribution in [-0.4, -0.2) is 30.9 Å². The molecule has 0 spiro atoms. The minimum absolute atomic E-state index is 0.0741. The maximum Gasteiger partial charge on any atom is 0.240 e. The number of carbonyl (C=O) groups excluding carboxylic acids is 2. The van der Waals surface area contributed by atoms with Gasteiger partial charge < -0.3 is 16.4 Å². The maximum atomic E-state index is 11.8. The molecule has 1 fully saturated rings. The molecule has 1 saturated carbocycles. The first kappa shape index (κ1) is 13.0. The zero-order valence-corrected chi connectivity index (χ0v) is 9.84. The number of rotatable bonds is 4. The predicted octanol–water partition coefficient (Wildman–Crippen LogP) is -0.0997. The normalized spacial score (nSPS) is 18.9. The summed E-state index contributed by atoms with van der Waals surface area (Å²) in [6, 6.07) is 0. The second kappa shape index (κ2) is 5.84. The molecule has 0 aliphatic heterocycles. The Morgan fingerprint density at radius 3 is 2.44 bits per heavy atom. The highest BCUT2D eigenvalue weighted by Gasteiger charge is 2.34. The van der Waals surface area contributed by atoms with E-state index >= 15 is 0 Å². The van der Waals surface area contributed by atoms with Crippen LogP contribution in [0, 0.1) is 0 Å². The summed E-state index contributed by atoms with van der Waals surface area (Å²) in [5.74, 6) is -0.189. The summed E-state index contributed by atoms with van der Waals surface area (Å²) in [4.78, 5) is 22.8. The molecule has 5 heteroatoms. The van der Waals surface area contributed by atoms with Crippen LogP contribution in [0.1, 0.15) is 38.5 Å². The summed E-state index contributed by atoms with van der Waals surface area (Å²) in [5.41, 5.74) is 5.33. The molecule has 0 aromatic rings. The largest absolute Gasteiger partial charge is 0.359 e. The molecule has 1 rings (SSSR count). The molecule has 4 N–H and O–H groups in total. The number of amides is 2. The number of hydrogen-bond donors (Lipinski definition) is 3. The van der Waals surface area contributed by atoms with Gasteiger partial charge in [0.25, 0.3) is 0 Å². The van der Waals surface area contributed by atoms with Crippen molar-refractivity contribution in [2.24, 2.45) is 5.73 Å². The molecular weight excluding hydrogens is 206 g/mol. The van der Waals surface area contributed by atoms with Crippen LogP contribution in [0.5, 0.6) is 0 Å². The van der Waals surface area contributed by atoms with Crippen LogP contribution in [-0.2, 0) is 9.59 Å². The van der Waals surface area contributed by atoms with Crippen LogP contribution in [0.4, 0.5) is 0 Å². The standard InChI is InChI=1S/C11H21N3O2/c1-13-9(15)5-8-14-10(16)11(12)6-3-2-4-7-11/h2-8,12H2,1H3,(H,13,15)(H,14,16). The third-order valence-electron chi connectivity index (χ3n) is 3.11. The Kier molecular flexibility index (Phi) is 4.73. The van der Waals surface area contributed by atoms with Crippen LogP contribution < -0.4 is 16.4 Å². The Morgan fingerprint density at radius 2 is 1.88 bits per heavy atom. The number of nitrogens with one attached hydrogen (secondary N) is 2. The van der Waals surface area contributed by atoms with Crippen LogP contribution in [0.25, 0.3) is 0 Å². The van der Waals surface area contributed by atoms with Crippen LogP contribution in [0.15, 0.2) is 0 Å². The first-order valence-corrected chi connectivity index (χ1v) is 5.86. The molecular formula is C11H21N3O2. The van der Waals surface area contributed by atoms with Crippen LogP contribution in [0.2, 0.25) is 0 Å². The second-order valence-electron chi connectivity index (χ2n) is 4.40. The van der Waals surface area contributed by atoms with Gasteiger partial charge in [0, 0.05) is 20.0 Å². The number of carbonyl (C=O) groups is 2. The van der Waals surface area contributed by atoms with E-state index in [1.165, 1.54) is 0 Å². The van der Waals surface area contributed by atoms with Crippen molar-refractivity contribution in [1.29, 1.82) is 0 Å². The van der Waals surface area contributed by atoms with Gasteiger partial charge in [0.15, 0.2) is 0 Å². The van der Waals surface area contributed by atoms with Gasteiger partial charge in [-0.15, -0.1) is 0 Å². The third kappa shape index (κ3) is 3.48. The van der Waals surface area contributed by atoms with E-state index in [0.29, 0.717) is 13.0 Å².